The van der Waals surface area contributed by atoms with Crippen LogP contribution in [-0.2, 0) is 6.42 Å². The second kappa shape index (κ2) is 5.72. The Balaban J connectivity index is 1.85. The van der Waals surface area contributed by atoms with E-state index in [1.807, 2.05) is 30.3 Å². The van der Waals surface area contributed by atoms with Crippen LogP contribution < -0.4 is 4.74 Å². The summed E-state index contributed by atoms with van der Waals surface area (Å²) in [6.07, 6.45) is 2.00. The fraction of sp³-hybridized carbons (Fsp3) is 0.316. The van der Waals surface area contributed by atoms with Crippen molar-refractivity contribution in [2.24, 2.45) is 0 Å². The number of rotatable bonds is 4. The molecule has 1 atom stereocenters. The molecule has 21 heavy (non-hydrogen) atoms. The van der Waals surface area contributed by atoms with Gasteiger partial charge in [0.25, 0.3) is 0 Å². The summed E-state index contributed by atoms with van der Waals surface area (Å²) in [6.45, 7) is 5.10. The van der Waals surface area contributed by atoms with Crippen LogP contribution in [0.3, 0.4) is 0 Å². The highest BCUT2D eigenvalue weighted by Crippen LogP contribution is 2.27. The number of carbonyl (C=O) groups excluding carboxylic acids is 1. The highest BCUT2D eigenvalue weighted by molar-refractivity contribution is 6.09. The Bertz CT molecular complexity index is 656. The van der Waals surface area contributed by atoms with Gasteiger partial charge in [0.15, 0.2) is 5.78 Å². The van der Waals surface area contributed by atoms with Gasteiger partial charge in [-0.25, -0.2) is 0 Å². The van der Waals surface area contributed by atoms with Gasteiger partial charge in [0.1, 0.15) is 5.75 Å². The van der Waals surface area contributed by atoms with Crippen LogP contribution in [-0.4, -0.2) is 12.4 Å². The van der Waals surface area contributed by atoms with E-state index in [-0.39, 0.29) is 5.78 Å². The smallest absolute Gasteiger partial charge is 0.193 e. The monoisotopic (exact) mass is 280 g/mol. The lowest BCUT2D eigenvalue weighted by atomic mass is 9.95. The number of benzene rings is 2. The van der Waals surface area contributed by atoms with E-state index < -0.39 is 0 Å². The van der Waals surface area contributed by atoms with E-state index >= 15 is 0 Å². The molecule has 2 nitrogen and oxygen atoms in total. The van der Waals surface area contributed by atoms with Crippen molar-refractivity contribution in [1.29, 1.82) is 0 Å². The van der Waals surface area contributed by atoms with Crippen LogP contribution in [0.25, 0.3) is 0 Å². The van der Waals surface area contributed by atoms with Crippen molar-refractivity contribution in [3.05, 3.63) is 64.7 Å². The maximum Gasteiger partial charge on any atom is 0.193 e. The van der Waals surface area contributed by atoms with Crippen LogP contribution in [0.4, 0.5) is 0 Å². The van der Waals surface area contributed by atoms with E-state index in [0.717, 1.165) is 41.9 Å². The van der Waals surface area contributed by atoms with Crippen molar-refractivity contribution >= 4 is 5.78 Å². The van der Waals surface area contributed by atoms with Crippen LogP contribution >= 0.6 is 0 Å². The normalized spacial score (nSPS) is 14.4. The highest BCUT2D eigenvalue weighted by atomic mass is 16.5. The molecule has 0 spiro atoms. The topological polar surface area (TPSA) is 26.3 Å². The molecule has 2 aromatic carbocycles. The molecular formula is C19H20O2. The van der Waals surface area contributed by atoms with Crippen LogP contribution in [0.15, 0.2) is 42.5 Å². The van der Waals surface area contributed by atoms with Crippen molar-refractivity contribution in [3.63, 3.8) is 0 Å². The van der Waals surface area contributed by atoms with Crippen molar-refractivity contribution in [2.45, 2.75) is 32.6 Å². The molecule has 0 saturated heterocycles. The second-order valence-corrected chi connectivity index (χ2v) is 5.68. The Hall–Kier alpha value is -2.09. The summed E-state index contributed by atoms with van der Waals surface area (Å²) in [6, 6.07) is 13.7. The van der Waals surface area contributed by atoms with Gasteiger partial charge in [-0.2, -0.15) is 0 Å². The summed E-state index contributed by atoms with van der Waals surface area (Å²) in [5.41, 5.74) is 3.92. The summed E-state index contributed by atoms with van der Waals surface area (Å²) < 4.78 is 5.48. The van der Waals surface area contributed by atoms with Crippen LogP contribution in [0.5, 0.6) is 5.75 Å². The van der Waals surface area contributed by atoms with Crippen molar-refractivity contribution in [2.75, 3.05) is 6.61 Å². The summed E-state index contributed by atoms with van der Waals surface area (Å²) in [7, 11) is 0. The Morgan fingerprint density at radius 2 is 1.86 bits per heavy atom. The molecule has 0 aliphatic carbocycles. The largest absolute Gasteiger partial charge is 0.493 e. The summed E-state index contributed by atoms with van der Waals surface area (Å²) >= 11 is 0. The number of ketones is 1. The lowest BCUT2D eigenvalue weighted by molar-refractivity contribution is 0.103. The van der Waals surface area contributed by atoms with Gasteiger partial charge < -0.3 is 4.74 Å². The number of hydrogen-bond donors (Lipinski definition) is 0. The molecule has 0 amide bonds. The van der Waals surface area contributed by atoms with Crippen LogP contribution in [0, 0.1) is 0 Å². The van der Waals surface area contributed by atoms with Gasteiger partial charge in [0, 0.05) is 17.5 Å². The maximum atomic E-state index is 12.6. The molecule has 1 unspecified atom stereocenters. The summed E-state index contributed by atoms with van der Waals surface area (Å²) in [4.78, 5) is 12.6. The fourth-order valence-corrected chi connectivity index (χ4v) is 2.69. The van der Waals surface area contributed by atoms with Crippen molar-refractivity contribution in [1.82, 2.24) is 0 Å². The van der Waals surface area contributed by atoms with Crippen molar-refractivity contribution < 1.29 is 9.53 Å². The first-order valence-corrected chi connectivity index (χ1v) is 7.59. The van der Waals surface area contributed by atoms with Gasteiger partial charge in [0.2, 0.25) is 0 Å². The van der Waals surface area contributed by atoms with E-state index in [4.69, 9.17) is 4.74 Å². The van der Waals surface area contributed by atoms with Gasteiger partial charge >= 0.3 is 0 Å². The Morgan fingerprint density at radius 1 is 1.14 bits per heavy atom. The molecule has 0 bridgehead atoms. The van der Waals surface area contributed by atoms with Gasteiger partial charge in [0.05, 0.1) is 6.61 Å². The minimum atomic E-state index is 0.0837. The quantitative estimate of drug-likeness (QED) is 0.777. The number of hydrogen-bond acceptors (Lipinski definition) is 2. The third-order valence-electron chi connectivity index (χ3n) is 4.31. The maximum absolute atomic E-state index is 12.6. The lowest BCUT2D eigenvalue weighted by Gasteiger charge is -2.09. The first-order chi connectivity index (χ1) is 10.2. The average molecular weight is 280 g/mol. The molecule has 1 aliphatic heterocycles. The molecule has 1 heterocycles. The zero-order chi connectivity index (χ0) is 14.8. The van der Waals surface area contributed by atoms with Crippen LogP contribution in [0.2, 0.25) is 0 Å². The van der Waals surface area contributed by atoms with E-state index in [0.29, 0.717) is 5.92 Å². The predicted octanol–water partition coefficient (Wildman–Crippen LogP) is 4.37. The molecule has 0 aromatic heterocycles. The zero-order valence-electron chi connectivity index (χ0n) is 12.6. The Labute approximate surface area is 125 Å². The van der Waals surface area contributed by atoms with Gasteiger partial charge in [-0.05, 0) is 41.7 Å². The number of fused-ring (bicyclic) bond motifs is 1. The number of carbonyl (C=O) groups is 1. The van der Waals surface area contributed by atoms with E-state index in [1.165, 1.54) is 5.56 Å². The van der Waals surface area contributed by atoms with Gasteiger partial charge in [-0.15, -0.1) is 0 Å². The number of ether oxygens (including phenoxy) is 1. The molecular weight excluding hydrogens is 260 g/mol. The average Bonchev–Trinajstić information content (AvgIpc) is 3.01. The molecule has 0 N–H and O–H groups in total. The lowest BCUT2D eigenvalue weighted by Crippen LogP contribution is -2.02. The minimum absolute atomic E-state index is 0.0837. The third kappa shape index (κ3) is 2.71. The van der Waals surface area contributed by atoms with Crippen LogP contribution in [0.1, 0.15) is 53.2 Å². The minimum Gasteiger partial charge on any atom is -0.493 e. The molecule has 0 fully saturated rings. The van der Waals surface area contributed by atoms with E-state index in [9.17, 15) is 4.79 Å². The highest BCUT2D eigenvalue weighted by Gasteiger charge is 2.16. The standard InChI is InChI=1S/C19H20O2/c1-3-13(2)14-4-6-15(7-5-14)19(20)17-8-9-18-16(12-17)10-11-21-18/h4-9,12-13H,3,10-11H2,1-2H3. The predicted molar refractivity (Wildman–Crippen MR) is 84.2 cm³/mol. The molecule has 2 aromatic rings. The molecule has 108 valence electrons. The van der Waals surface area contributed by atoms with E-state index in [1.54, 1.807) is 0 Å². The first-order valence-electron chi connectivity index (χ1n) is 7.59. The summed E-state index contributed by atoms with van der Waals surface area (Å²) in [5, 5.41) is 0. The molecule has 2 heteroatoms. The van der Waals surface area contributed by atoms with Crippen molar-refractivity contribution in [3.8, 4) is 5.75 Å². The second-order valence-electron chi connectivity index (χ2n) is 5.68. The Morgan fingerprint density at radius 3 is 2.57 bits per heavy atom. The molecule has 3 rings (SSSR count). The van der Waals surface area contributed by atoms with E-state index in [2.05, 4.69) is 26.0 Å². The fourth-order valence-electron chi connectivity index (χ4n) is 2.69. The zero-order valence-corrected chi connectivity index (χ0v) is 12.6. The SMILES string of the molecule is CCC(C)c1ccc(C(=O)c2ccc3c(c2)CCO3)cc1. The summed E-state index contributed by atoms with van der Waals surface area (Å²) in [5.74, 6) is 1.53. The van der Waals surface area contributed by atoms with Gasteiger partial charge in [-0.1, -0.05) is 38.1 Å². The molecule has 1 aliphatic rings. The third-order valence-corrected chi connectivity index (χ3v) is 4.31. The molecule has 0 radical (unpaired) electrons. The Kier molecular flexibility index (Phi) is 3.78. The molecule has 0 saturated carbocycles. The first kappa shape index (κ1) is 13.9. The van der Waals surface area contributed by atoms with Gasteiger partial charge in [-0.3, -0.25) is 4.79 Å².